The number of aromatic nitrogens is 2. The van der Waals surface area contributed by atoms with Gasteiger partial charge in [-0.1, -0.05) is 0 Å². The number of carbonyl (C=O) groups excluding carboxylic acids is 2. The number of benzene rings is 2. The zero-order chi connectivity index (χ0) is 28.2. The van der Waals surface area contributed by atoms with Crippen LogP contribution in [0.2, 0.25) is 0 Å². The number of hydrogen-bond acceptors (Lipinski definition) is 7. The van der Waals surface area contributed by atoms with Crippen LogP contribution in [0.5, 0.6) is 5.75 Å². The molecule has 0 atom stereocenters. The van der Waals surface area contributed by atoms with E-state index < -0.39 is 11.6 Å². The molecule has 2 aliphatic heterocycles. The molecule has 2 aromatic carbocycles. The SMILES string of the molecule is CNc1ccc(O)cc1CCN(C=O)C1CCN(c2cc(C(=O)N3CCc4c(F)ccc(F)c4C3)ncn2)CC1. The largest absolute Gasteiger partial charge is 0.508 e. The van der Waals surface area contributed by atoms with Gasteiger partial charge >= 0.3 is 0 Å². The summed E-state index contributed by atoms with van der Waals surface area (Å²) >= 11 is 0. The van der Waals surface area contributed by atoms with Crippen molar-refractivity contribution < 1.29 is 23.5 Å². The molecule has 2 N–H and O–H groups in total. The Balaban J connectivity index is 1.20. The van der Waals surface area contributed by atoms with Crippen molar-refractivity contribution in [2.45, 2.75) is 38.3 Å². The van der Waals surface area contributed by atoms with Crippen molar-refractivity contribution in [3.8, 4) is 5.75 Å². The summed E-state index contributed by atoms with van der Waals surface area (Å²) in [5, 5.41) is 13.0. The van der Waals surface area contributed by atoms with Crippen molar-refractivity contribution in [2.75, 3.05) is 43.4 Å². The van der Waals surface area contributed by atoms with E-state index in [1.807, 2.05) is 18.0 Å². The second-order valence-electron chi connectivity index (χ2n) is 10.1. The zero-order valence-electron chi connectivity index (χ0n) is 22.3. The van der Waals surface area contributed by atoms with E-state index in [9.17, 15) is 23.5 Å². The molecule has 0 spiro atoms. The summed E-state index contributed by atoms with van der Waals surface area (Å²) < 4.78 is 28.4. The van der Waals surface area contributed by atoms with E-state index in [1.54, 1.807) is 18.2 Å². The number of piperidine rings is 1. The summed E-state index contributed by atoms with van der Waals surface area (Å²) in [6.07, 6.45) is 4.55. The van der Waals surface area contributed by atoms with Crippen molar-refractivity contribution in [3.05, 3.63) is 76.7 Å². The Bertz CT molecular complexity index is 1400. The lowest BCUT2D eigenvalue weighted by Crippen LogP contribution is -2.45. The lowest BCUT2D eigenvalue weighted by Gasteiger charge is -2.37. The fourth-order valence-corrected chi connectivity index (χ4v) is 5.59. The quantitative estimate of drug-likeness (QED) is 0.328. The number of anilines is 2. The van der Waals surface area contributed by atoms with Crippen LogP contribution in [0.4, 0.5) is 20.3 Å². The van der Waals surface area contributed by atoms with Gasteiger partial charge in [-0.2, -0.15) is 0 Å². The van der Waals surface area contributed by atoms with Gasteiger partial charge in [0.2, 0.25) is 6.41 Å². The maximum absolute atomic E-state index is 14.3. The molecule has 0 radical (unpaired) electrons. The van der Waals surface area contributed by atoms with Gasteiger partial charge in [-0.05, 0) is 67.1 Å². The normalized spacial score (nSPS) is 15.5. The molecule has 9 nitrogen and oxygen atoms in total. The first-order valence-electron chi connectivity index (χ1n) is 13.4. The van der Waals surface area contributed by atoms with E-state index in [4.69, 9.17) is 0 Å². The third-order valence-corrected chi connectivity index (χ3v) is 7.85. The Morgan fingerprint density at radius 1 is 1.10 bits per heavy atom. The smallest absolute Gasteiger partial charge is 0.272 e. The number of carbonyl (C=O) groups is 2. The fourth-order valence-electron chi connectivity index (χ4n) is 5.59. The number of phenols is 1. The second-order valence-corrected chi connectivity index (χ2v) is 10.1. The first-order chi connectivity index (χ1) is 19.4. The van der Waals surface area contributed by atoms with E-state index in [0.29, 0.717) is 37.4 Å². The summed E-state index contributed by atoms with van der Waals surface area (Å²) in [7, 11) is 1.82. The number of nitrogens with zero attached hydrogens (tertiary/aromatic N) is 5. The van der Waals surface area contributed by atoms with Gasteiger partial charge < -0.3 is 25.1 Å². The zero-order valence-corrected chi connectivity index (χ0v) is 22.3. The minimum atomic E-state index is -0.520. The van der Waals surface area contributed by atoms with Crippen LogP contribution in [0, 0.1) is 11.6 Å². The van der Waals surface area contributed by atoms with E-state index in [2.05, 4.69) is 20.2 Å². The lowest BCUT2D eigenvalue weighted by atomic mass is 9.98. The standard InChI is InChI=1S/C29H32F2N6O3/c1-32-26-5-2-21(39)14-19(26)6-10-37(18-38)20-7-11-35(12-8-20)28-15-27(33-17-34-28)29(40)36-13-9-22-23(16-36)25(31)4-3-24(22)30/h2-5,14-15,17-18,20,32,39H,6-13,16H2,1H3. The number of rotatable bonds is 8. The van der Waals surface area contributed by atoms with Crippen LogP contribution in [0.1, 0.15) is 40.0 Å². The van der Waals surface area contributed by atoms with Crippen LogP contribution >= 0.6 is 0 Å². The average Bonchev–Trinajstić information content (AvgIpc) is 2.99. The van der Waals surface area contributed by atoms with Crippen LogP contribution in [-0.4, -0.2) is 76.5 Å². The topological polar surface area (TPSA) is 102 Å². The highest BCUT2D eigenvalue weighted by molar-refractivity contribution is 5.93. The molecular weight excluding hydrogens is 518 g/mol. The number of hydrogen-bond donors (Lipinski definition) is 2. The van der Waals surface area contributed by atoms with Gasteiger partial charge in [-0.25, -0.2) is 18.7 Å². The fraction of sp³-hybridized carbons (Fsp3) is 0.379. The highest BCUT2D eigenvalue weighted by Crippen LogP contribution is 2.27. The van der Waals surface area contributed by atoms with Gasteiger partial charge in [0.25, 0.3) is 5.91 Å². The number of halogens is 2. The third-order valence-electron chi connectivity index (χ3n) is 7.85. The average molecular weight is 551 g/mol. The Morgan fingerprint density at radius 2 is 1.85 bits per heavy atom. The Kier molecular flexibility index (Phi) is 8.09. The first kappa shape index (κ1) is 27.3. The van der Waals surface area contributed by atoms with Crippen LogP contribution in [-0.2, 0) is 24.2 Å². The number of nitrogens with one attached hydrogen (secondary N) is 1. The predicted molar refractivity (Wildman–Crippen MR) is 146 cm³/mol. The maximum atomic E-state index is 14.3. The van der Waals surface area contributed by atoms with E-state index in [0.717, 1.165) is 42.6 Å². The summed E-state index contributed by atoms with van der Waals surface area (Å²) in [6.45, 7) is 2.09. The van der Waals surface area contributed by atoms with Gasteiger partial charge in [0.05, 0.1) is 0 Å². The van der Waals surface area contributed by atoms with Crippen molar-refractivity contribution in [3.63, 3.8) is 0 Å². The minimum absolute atomic E-state index is 0.0115. The van der Waals surface area contributed by atoms with E-state index in [1.165, 1.54) is 11.2 Å². The van der Waals surface area contributed by atoms with Crippen molar-refractivity contribution in [2.24, 2.45) is 0 Å². The molecule has 5 rings (SSSR count). The molecule has 1 aromatic heterocycles. The second kappa shape index (κ2) is 11.8. The highest BCUT2D eigenvalue weighted by Gasteiger charge is 2.29. The summed E-state index contributed by atoms with van der Waals surface area (Å²) in [5.41, 5.74) is 2.59. The molecule has 1 fully saturated rings. The lowest BCUT2D eigenvalue weighted by molar-refractivity contribution is -0.120. The van der Waals surface area contributed by atoms with Crippen molar-refractivity contribution >= 4 is 23.8 Å². The molecule has 0 aliphatic carbocycles. The molecule has 210 valence electrons. The summed E-state index contributed by atoms with van der Waals surface area (Å²) in [4.78, 5) is 39.0. The number of phenolic OH excluding ortho intramolecular Hbond substituents is 1. The molecule has 2 aliphatic rings. The number of aromatic hydroxyl groups is 1. The molecule has 3 heterocycles. The van der Waals surface area contributed by atoms with Crippen LogP contribution in [0.25, 0.3) is 0 Å². The molecular formula is C29H32F2N6O3. The molecule has 0 unspecified atom stereocenters. The maximum Gasteiger partial charge on any atom is 0.272 e. The molecule has 0 bridgehead atoms. The van der Waals surface area contributed by atoms with Crippen LogP contribution in [0.15, 0.2) is 42.7 Å². The Hall–Kier alpha value is -4.28. The van der Waals surface area contributed by atoms with Gasteiger partial charge in [0, 0.05) is 63.1 Å². The molecule has 40 heavy (non-hydrogen) atoms. The van der Waals surface area contributed by atoms with Gasteiger partial charge in [-0.3, -0.25) is 9.59 Å². The minimum Gasteiger partial charge on any atom is -0.508 e. The monoisotopic (exact) mass is 550 g/mol. The molecule has 0 saturated carbocycles. The first-order valence-corrected chi connectivity index (χ1v) is 13.4. The Labute approximate surface area is 231 Å². The molecule has 11 heteroatoms. The van der Waals surface area contributed by atoms with Gasteiger partial charge in [0.1, 0.15) is 35.2 Å². The summed E-state index contributed by atoms with van der Waals surface area (Å²) in [5.74, 6) is -0.524. The number of fused-ring (bicyclic) bond motifs is 1. The van der Waals surface area contributed by atoms with Crippen molar-refractivity contribution in [1.29, 1.82) is 0 Å². The van der Waals surface area contributed by atoms with Crippen LogP contribution < -0.4 is 10.2 Å². The molecule has 3 aromatic rings. The van der Waals surface area contributed by atoms with E-state index >= 15 is 0 Å². The third kappa shape index (κ3) is 5.68. The van der Waals surface area contributed by atoms with Crippen LogP contribution in [0.3, 0.4) is 0 Å². The van der Waals surface area contributed by atoms with Gasteiger partial charge in [-0.15, -0.1) is 0 Å². The predicted octanol–water partition coefficient (Wildman–Crippen LogP) is 3.37. The molecule has 1 saturated heterocycles. The number of amides is 2. The van der Waals surface area contributed by atoms with Crippen molar-refractivity contribution in [1.82, 2.24) is 19.8 Å². The Morgan fingerprint density at radius 3 is 2.58 bits per heavy atom. The van der Waals surface area contributed by atoms with Gasteiger partial charge in [0.15, 0.2) is 0 Å². The highest BCUT2D eigenvalue weighted by atomic mass is 19.1. The van der Waals surface area contributed by atoms with E-state index in [-0.39, 0.29) is 48.5 Å². The summed E-state index contributed by atoms with van der Waals surface area (Å²) in [6, 6.07) is 9.07. The molecule has 2 amide bonds.